The van der Waals surface area contributed by atoms with Gasteiger partial charge in [0.15, 0.2) is 6.61 Å². The number of amides is 1. The van der Waals surface area contributed by atoms with Crippen LogP contribution in [0, 0.1) is 0 Å². The lowest BCUT2D eigenvalue weighted by molar-refractivity contribution is -0.192. The molecule has 31 heavy (non-hydrogen) atoms. The van der Waals surface area contributed by atoms with E-state index in [9.17, 15) is 18.0 Å². The highest BCUT2D eigenvalue weighted by Gasteiger charge is 2.38. The molecule has 3 rings (SSSR count). The van der Waals surface area contributed by atoms with Gasteiger partial charge in [-0.15, -0.1) is 0 Å². The zero-order chi connectivity index (χ0) is 23.0. The van der Waals surface area contributed by atoms with Crippen molar-refractivity contribution in [1.29, 1.82) is 0 Å². The van der Waals surface area contributed by atoms with E-state index in [0.29, 0.717) is 32.1 Å². The summed E-state index contributed by atoms with van der Waals surface area (Å²) in [5.41, 5.74) is 2.25. The van der Waals surface area contributed by atoms with Gasteiger partial charge in [0, 0.05) is 31.7 Å². The third-order valence-corrected chi connectivity index (χ3v) is 4.54. The smallest absolute Gasteiger partial charge is 0.484 e. The van der Waals surface area contributed by atoms with Crippen molar-refractivity contribution in [3.8, 4) is 5.75 Å². The topological polar surface area (TPSA) is 93.9 Å². The van der Waals surface area contributed by atoms with Crippen molar-refractivity contribution in [3.63, 3.8) is 0 Å². The number of carbonyl (C=O) groups excluding carboxylic acids is 1. The molecule has 0 spiro atoms. The zero-order valence-electron chi connectivity index (χ0n) is 17.1. The van der Waals surface area contributed by atoms with Crippen LogP contribution in [0.25, 0.3) is 0 Å². The predicted molar refractivity (Wildman–Crippen MR) is 103 cm³/mol. The van der Waals surface area contributed by atoms with Gasteiger partial charge in [0.1, 0.15) is 5.75 Å². The molecule has 1 aromatic carbocycles. The van der Waals surface area contributed by atoms with E-state index < -0.39 is 12.1 Å². The molecule has 2 aromatic rings. The maximum atomic E-state index is 12.6. The molecule has 11 heteroatoms. The predicted octanol–water partition coefficient (Wildman–Crippen LogP) is 2.59. The molecular formula is C20H24F3N3O5. The number of fused-ring (bicyclic) bond motifs is 1. The number of rotatable bonds is 6. The van der Waals surface area contributed by atoms with Crippen LogP contribution in [0.3, 0.4) is 0 Å². The van der Waals surface area contributed by atoms with E-state index in [1.165, 1.54) is 5.56 Å². The minimum absolute atomic E-state index is 0.0211. The first-order valence-corrected chi connectivity index (χ1v) is 9.47. The van der Waals surface area contributed by atoms with Crippen molar-refractivity contribution in [3.05, 3.63) is 47.8 Å². The molecule has 1 aliphatic heterocycles. The van der Waals surface area contributed by atoms with E-state index in [0.717, 1.165) is 5.69 Å². The number of benzene rings is 1. The molecule has 0 bridgehead atoms. The Morgan fingerprint density at radius 3 is 2.48 bits per heavy atom. The number of aryl methyl sites for hydroxylation is 1. The van der Waals surface area contributed by atoms with Crippen LogP contribution in [0.5, 0.6) is 5.75 Å². The van der Waals surface area contributed by atoms with Gasteiger partial charge < -0.3 is 19.5 Å². The average molecular weight is 443 g/mol. The van der Waals surface area contributed by atoms with Crippen molar-refractivity contribution in [1.82, 2.24) is 14.7 Å². The molecule has 0 saturated carbocycles. The Labute approximate surface area is 177 Å². The zero-order valence-corrected chi connectivity index (χ0v) is 17.1. The van der Waals surface area contributed by atoms with Gasteiger partial charge in [-0.05, 0) is 19.1 Å². The number of aromatic nitrogens is 2. The van der Waals surface area contributed by atoms with Crippen molar-refractivity contribution in [2.75, 3.05) is 26.4 Å². The first-order valence-electron chi connectivity index (χ1n) is 9.47. The molecule has 0 saturated heterocycles. The van der Waals surface area contributed by atoms with Gasteiger partial charge in [-0.25, -0.2) is 4.79 Å². The van der Waals surface area contributed by atoms with Crippen LogP contribution in [-0.2, 0) is 27.9 Å². The van der Waals surface area contributed by atoms with Crippen molar-refractivity contribution in [2.45, 2.75) is 25.6 Å². The molecule has 1 N–H and O–H groups in total. The van der Waals surface area contributed by atoms with E-state index in [-0.39, 0.29) is 18.4 Å². The largest absolute Gasteiger partial charge is 0.490 e. The summed E-state index contributed by atoms with van der Waals surface area (Å²) in [6, 6.07) is 9.39. The summed E-state index contributed by atoms with van der Waals surface area (Å²) in [4.78, 5) is 23.3. The molecule has 1 aromatic heterocycles. The minimum Gasteiger partial charge on any atom is -0.484 e. The molecule has 1 atom stereocenters. The number of carboxylic acids is 1. The molecular weight excluding hydrogens is 419 g/mol. The third-order valence-electron chi connectivity index (χ3n) is 4.54. The van der Waals surface area contributed by atoms with Crippen LogP contribution in [0.4, 0.5) is 13.2 Å². The van der Waals surface area contributed by atoms with E-state index in [1.807, 2.05) is 60.1 Å². The molecule has 1 amide bonds. The second-order valence-electron chi connectivity index (χ2n) is 6.71. The fourth-order valence-electron chi connectivity index (χ4n) is 2.97. The summed E-state index contributed by atoms with van der Waals surface area (Å²) in [6.07, 6.45) is -3.19. The Morgan fingerprint density at radius 2 is 1.90 bits per heavy atom. The van der Waals surface area contributed by atoms with Crippen molar-refractivity contribution < 1.29 is 37.3 Å². The van der Waals surface area contributed by atoms with E-state index in [4.69, 9.17) is 19.4 Å². The Morgan fingerprint density at radius 1 is 1.26 bits per heavy atom. The summed E-state index contributed by atoms with van der Waals surface area (Å²) in [7, 11) is 1.91. The highest BCUT2D eigenvalue weighted by Crippen LogP contribution is 2.28. The number of carbonyl (C=O) groups is 2. The lowest BCUT2D eigenvalue weighted by Crippen LogP contribution is -2.42. The van der Waals surface area contributed by atoms with Gasteiger partial charge >= 0.3 is 12.1 Å². The fourth-order valence-corrected chi connectivity index (χ4v) is 2.97. The molecule has 0 fully saturated rings. The molecule has 0 radical (unpaired) electrons. The lowest BCUT2D eigenvalue weighted by atomic mass is 9.95. The third kappa shape index (κ3) is 6.99. The van der Waals surface area contributed by atoms with Crippen LogP contribution in [0.1, 0.15) is 24.1 Å². The second kappa shape index (κ2) is 10.8. The van der Waals surface area contributed by atoms with Crippen LogP contribution < -0.4 is 4.74 Å². The number of nitrogens with zero attached hydrogens (tertiary/aromatic N) is 3. The summed E-state index contributed by atoms with van der Waals surface area (Å²) < 4.78 is 44.8. The van der Waals surface area contributed by atoms with Crippen LogP contribution in [-0.4, -0.2) is 64.2 Å². The number of aliphatic carboxylic acids is 1. The highest BCUT2D eigenvalue weighted by molar-refractivity contribution is 5.78. The highest BCUT2D eigenvalue weighted by atomic mass is 19.4. The summed E-state index contributed by atoms with van der Waals surface area (Å²) in [5.74, 6) is -1.92. The summed E-state index contributed by atoms with van der Waals surface area (Å²) in [5, 5.41) is 11.5. The van der Waals surface area contributed by atoms with E-state index >= 15 is 0 Å². The summed E-state index contributed by atoms with van der Waals surface area (Å²) in [6.45, 7) is 4.47. The van der Waals surface area contributed by atoms with Gasteiger partial charge in [-0.2, -0.15) is 18.3 Å². The van der Waals surface area contributed by atoms with Gasteiger partial charge in [0.2, 0.25) is 0 Å². The maximum Gasteiger partial charge on any atom is 0.490 e. The van der Waals surface area contributed by atoms with Gasteiger partial charge in [-0.3, -0.25) is 9.48 Å². The average Bonchev–Trinajstić information content (AvgIpc) is 3.11. The SMILES string of the molecule is CCOCC1CN(C(=O)COc2ccccc2)Cc2c1cnn2C.O=C(O)C(F)(F)F. The number of hydrogen-bond acceptors (Lipinski definition) is 5. The van der Waals surface area contributed by atoms with Crippen LogP contribution >= 0.6 is 0 Å². The fraction of sp³-hybridized carbons (Fsp3) is 0.450. The molecule has 1 aliphatic rings. The second-order valence-corrected chi connectivity index (χ2v) is 6.71. The maximum absolute atomic E-state index is 12.6. The van der Waals surface area contributed by atoms with Crippen LogP contribution in [0.15, 0.2) is 36.5 Å². The Bertz CT molecular complexity index is 871. The molecule has 0 aliphatic carbocycles. The standard InChI is InChI=1S/C18H23N3O3.C2HF3O2/c1-3-23-12-14-10-21(11-17-16(14)9-19-20(17)2)18(22)13-24-15-7-5-4-6-8-15;3-2(4,5)1(6)7/h4-9,14H,3,10-13H2,1-2H3;(H,6,7). The lowest BCUT2D eigenvalue weighted by Gasteiger charge is -2.32. The van der Waals surface area contributed by atoms with Crippen LogP contribution in [0.2, 0.25) is 0 Å². The number of para-hydroxylation sites is 1. The Kier molecular flexibility index (Phi) is 8.43. The van der Waals surface area contributed by atoms with E-state index in [1.54, 1.807) is 0 Å². The molecule has 1 unspecified atom stereocenters. The number of carboxylic acid groups (broad SMARTS) is 1. The number of alkyl halides is 3. The van der Waals surface area contributed by atoms with Crippen molar-refractivity contribution >= 4 is 11.9 Å². The molecule has 170 valence electrons. The number of hydrogen-bond donors (Lipinski definition) is 1. The van der Waals surface area contributed by atoms with Gasteiger partial charge in [0.25, 0.3) is 5.91 Å². The first-order chi connectivity index (χ1) is 14.6. The first kappa shape index (κ1) is 24.2. The van der Waals surface area contributed by atoms with E-state index in [2.05, 4.69) is 5.10 Å². The number of halogens is 3. The summed E-state index contributed by atoms with van der Waals surface area (Å²) >= 11 is 0. The quantitative estimate of drug-likeness (QED) is 0.738. The van der Waals surface area contributed by atoms with Crippen molar-refractivity contribution in [2.24, 2.45) is 7.05 Å². The Balaban J connectivity index is 0.000000423. The molecule has 2 heterocycles. The number of ether oxygens (including phenoxy) is 2. The van der Waals surface area contributed by atoms with Gasteiger partial charge in [0.05, 0.1) is 25.0 Å². The Hall–Kier alpha value is -3.08. The van der Waals surface area contributed by atoms with Gasteiger partial charge in [-0.1, -0.05) is 18.2 Å². The monoisotopic (exact) mass is 443 g/mol. The molecule has 8 nitrogen and oxygen atoms in total. The minimum atomic E-state index is -5.08. The normalized spacial score (nSPS) is 15.5.